The molecule has 2 rings (SSSR count). The number of nitrogens with two attached hydrogens (primary N) is 1. The highest BCUT2D eigenvalue weighted by Crippen LogP contribution is 2.34. The summed E-state index contributed by atoms with van der Waals surface area (Å²) >= 11 is 3.43. The van der Waals surface area contributed by atoms with Crippen LogP contribution in [0, 0.1) is 0 Å². The number of carboxylic acids is 1. The molecule has 4 nitrogen and oxygen atoms in total. The standard InChI is InChI=1S/C16H16BrNO3/c1-9(2)12-7-10(17)3-5-14(12)21-15-6-4-11(18)8-13(15)16(19)20/h3-9H,18H2,1-2H3,(H,19,20). The normalized spacial score (nSPS) is 10.7. The third-order valence-corrected chi connectivity index (χ3v) is 3.54. The third-order valence-electron chi connectivity index (χ3n) is 3.05. The Bertz CT molecular complexity index is 683. The smallest absolute Gasteiger partial charge is 0.339 e. The number of nitrogen functional groups attached to an aromatic ring is 1. The van der Waals surface area contributed by atoms with Gasteiger partial charge in [-0.05, 0) is 47.9 Å². The van der Waals surface area contributed by atoms with Gasteiger partial charge in [-0.2, -0.15) is 0 Å². The van der Waals surface area contributed by atoms with E-state index in [-0.39, 0.29) is 17.2 Å². The maximum absolute atomic E-state index is 11.3. The van der Waals surface area contributed by atoms with Gasteiger partial charge < -0.3 is 15.6 Å². The Kier molecular flexibility index (Phi) is 4.53. The highest BCUT2D eigenvalue weighted by Gasteiger charge is 2.15. The molecule has 0 aliphatic carbocycles. The van der Waals surface area contributed by atoms with Crippen LogP contribution >= 0.6 is 15.9 Å². The zero-order chi connectivity index (χ0) is 15.6. The minimum absolute atomic E-state index is 0.0487. The van der Waals surface area contributed by atoms with Crippen LogP contribution in [-0.4, -0.2) is 11.1 Å². The van der Waals surface area contributed by atoms with Crippen LogP contribution in [0.25, 0.3) is 0 Å². The maximum atomic E-state index is 11.3. The topological polar surface area (TPSA) is 72.5 Å². The van der Waals surface area contributed by atoms with Gasteiger partial charge >= 0.3 is 5.97 Å². The summed E-state index contributed by atoms with van der Waals surface area (Å²) in [7, 11) is 0. The fourth-order valence-corrected chi connectivity index (χ4v) is 2.36. The highest BCUT2D eigenvalue weighted by atomic mass is 79.9. The predicted octanol–water partition coefficient (Wildman–Crippen LogP) is 4.65. The minimum Gasteiger partial charge on any atom is -0.478 e. The molecule has 0 radical (unpaired) electrons. The van der Waals surface area contributed by atoms with E-state index >= 15 is 0 Å². The Morgan fingerprint density at radius 2 is 1.86 bits per heavy atom. The van der Waals surface area contributed by atoms with Crippen molar-refractivity contribution < 1.29 is 14.6 Å². The molecule has 21 heavy (non-hydrogen) atoms. The van der Waals surface area contributed by atoms with E-state index in [1.165, 1.54) is 6.07 Å². The number of benzene rings is 2. The van der Waals surface area contributed by atoms with Gasteiger partial charge in [-0.15, -0.1) is 0 Å². The molecular weight excluding hydrogens is 334 g/mol. The summed E-state index contributed by atoms with van der Waals surface area (Å²) in [5.74, 6) is 0.0986. The van der Waals surface area contributed by atoms with Crippen LogP contribution < -0.4 is 10.5 Å². The Hall–Kier alpha value is -2.01. The first-order valence-corrected chi connectivity index (χ1v) is 7.28. The summed E-state index contributed by atoms with van der Waals surface area (Å²) in [6, 6.07) is 10.2. The van der Waals surface area contributed by atoms with Gasteiger partial charge in [0.05, 0.1) is 0 Å². The molecule has 0 aliphatic rings. The lowest BCUT2D eigenvalue weighted by molar-refractivity contribution is 0.0694. The lowest BCUT2D eigenvalue weighted by atomic mass is 10.0. The summed E-state index contributed by atoms with van der Waals surface area (Å²) in [4.78, 5) is 11.3. The first-order chi connectivity index (χ1) is 9.88. The van der Waals surface area contributed by atoms with E-state index in [1.807, 2.05) is 18.2 Å². The largest absolute Gasteiger partial charge is 0.478 e. The van der Waals surface area contributed by atoms with Crippen molar-refractivity contribution in [2.24, 2.45) is 0 Å². The fraction of sp³-hybridized carbons (Fsp3) is 0.188. The SMILES string of the molecule is CC(C)c1cc(Br)ccc1Oc1ccc(N)cc1C(=O)O. The van der Waals surface area contributed by atoms with Crippen molar-refractivity contribution in [3.05, 3.63) is 52.0 Å². The molecule has 0 fully saturated rings. The Balaban J connectivity index is 2.46. The quantitative estimate of drug-likeness (QED) is 0.788. The maximum Gasteiger partial charge on any atom is 0.339 e. The molecule has 5 heteroatoms. The van der Waals surface area contributed by atoms with Gasteiger partial charge in [-0.3, -0.25) is 0 Å². The number of aromatic carboxylic acids is 1. The second-order valence-corrected chi connectivity index (χ2v) is 5.92. The van der Waals surface area contributed by atoms with Crippen LogP contribution in [0.15, 0.2) is 40.9 Å². The van der Waals surface area contributed by atoms with Crippen LogP contribution in [0.5, 0.6) is 11.5 Å². The number of halogens is 1. The monoisotopic (exact) mass is 349 g/mol. The molecule has 0 aliphatic heterocycles. The van der Waals surface area contributed by atoms with Crippen molar-refractivity contribution in [2.75, 3.05) is 5.73 Å². The van der Waals surface area contributed by atoms with Crippen LogP contribution in [0.1, 0.15) is 35.7 Å². The molecule has 0 saturated carbocycles. The number of hydrogen-bond donors (Lipinski definition) is 2. The van der Waals surface area contributed by atoms with Crippen LogP contribution in [0.4, 0.5) is 5.69 Å². The van der Waals surface area contributed by atoms with E-state index in [2.05, 4.69) is 29.8 Å². The van der Waals surface area contributed by atoms with Crippen molar-refractivity contribution in [2.45, 2.75) is 19.8 Å². The van der Waals surface area contributed by atoms with Gasteiger partial charge in [0.15, 0.2) is 0 Å². The molecule has 110 valence electrons. The van der Waals surface area contributed by atoms with Crippen LogP contribution in [-0.2, 0) is 0 Å². The second-order valence-electron chi connectivity index (χ2n) is 5.00. The molecule has 0 atom stereocenters. The molecule has 0 unspecified atom stereocenters. The molecule has 0 amide bonds. The zero-order valence-electron chi connectivity index (χ0n) is 11.8. The summed E-state index contributed by atoms with van der Waals surface area (Å²) in [5, 5.41) is 9.25. The van der Waals surface area contributed by atoms with E-state index in [0.717, 1.165) is 10.0 Å². The summed E-state index contributed by atoms with van der Waals surface area (Å²) in [6.45, 7) is 4.10. The van der Waals surface area contributed by atoms with Crippen molar-refractivity contribution in [1.82, 2.24) is 0 Å². The lowest BCUT2D eigenvalue weighted by Gasteiger charge is -2.15. The summed E-state index contributed by atoms with van der Waals surface area (Å²) in [5.41, 5.74) is 7.07. The molecular formula is C16H16BrNO3. The number of hydrogen-bond acceptors (Lipinski definition) is 3. The molecule has 0 heterocycles. The number of anilines is 1. The van der Waals surface area contributed by atoms with Gasteiger partial charge in [0, 0.05) is 10.2 Å². The number of carbonyl (C=O) groups is 1. The lowest BCUT2D eigenvalue weighted by Crippen LogP contribution is -2.02. The summed E-state index contributed by atoms with van der Waals surface area (Å²) < 4.78 is 6.77. The summed E-state index contributed by atoms with van der Waals surface area (Å²) in [6.07, 6.45) is 0. The predicted molar refractivity (Wildman–Crippen MR) is 86.1 cm³/mol. The molecule has 2 aromatic rings. The molecule has 0 saturated heterocycles. The average Bonchev–Trinajstić information content (AvgIpc) is 2.42. The Morgan fingerprint density at radius 3 is 2.48 bits per heavy atom. The van der Waals surface area contributed by atoms with Crippen LogP contribution in [0.3, 0.4) is 0 Å². The molecule has 0 bridgehead atoms. The van der Waals surface area contributed by atoms with Crippen molar-refractivity contribution in [3.8, 4) is 11.5 Å². The minimum atomic E-state index is -1.07. The second kappa shape index (κ2) is 6.18. The van der Waals surface area contributed by atoms with Crippen molar-refractivity contribution >= 4 is 27.6 Å². The molecule has 3 N–H and O–H groups in total. The molecule has 0 aromatic heterocycles. The first kappa shape index (κ1) is 15.4. The van der Waals surface area contributed by atoms with E-state index < -0.39 is 5.97 Å². The van der Waals surface area contributed by atoms with Gasteiger partial charge in [0.25, 0.3) is 0 Å². The average molecular weight is 350 g/mol. The Morgan fingerprint density at radius 1 is 1.19 bits per heavy atom. The fourth-order valence-electron chi connectivity index (χ4n) is 1.99. The number of rotatable bonds is 4. The van der Waals surface area contributed by atoms with Crippen molar-refractivity contribution in [3.63, 3.8) is 0 Å². The zero-order valence-corrected chi connectivity index (χ0v) is 13.3. The van der Waals surface area contributed by atoms with E-state index in [1.54, 1.807) is 12.1 Å². The van der Waals surface area contributed by atoms with Gasteiger partial charge in [-0.25, -0.2) is 4.79 Å². The van der Waals surface area contributed by atoms with Gasteiger partial charge in [-0.1, -0.05) is 29.8 Å². The van der Waals surface area contributed by atoms with Gasteiger partial charge in [0.2, 0.25) is 0 Å². The highest BCUT2D eigenvalue weighted by molar-refractivity contribution is 9.10. The van der Waals surface area contributed by atoms with Crippen molar-refractivity contribution in [1.29, 1.82) is 0 Å². The Labute approximate surface area is 131 Å². The van der Waals surface area contributed by atoms with Gasteiger partial charge in [0.1, 0.15) is 17.1 Å². The van der Waals surface area contributed by atoms with Crippen LogP contribution in [0.2, 0.25) is 0 Å². The number of carboxylic acid groups (broad SMARTS) is 1. The first-order valence-electron chi connectivity index (χ1n) is 6.48. The van der Waals surface area contributed by atoms with E-state index in [9.17, 15) is 9.90 Å². The number of ether oxygens (including phenoxy) is 1. The van der Waals surface area contributed by atoms with E-state index in [4.69, 9.17) is 10.5 Å². The molecule has 0 spiro atoms. The van der Waals surface area contributed by atoms with E-state index in [0.29, 0.717) is 11.4 Å². The molecule has 2 aromatic carbocycles. The third kappa shape index (κ3) is 3.55.